The average Bonchev–Trinajstić information content (AvgIpc) is 2.17. The van der Waals surface area contributed by atoms with E-state index in [1.54, 1.807) is 12.1 Å². The van der Waals surface area contributed by atoms with Crippen molar-refractivity contribution in [2.75, 3.05) is 0 Å². The lowest BCUT2D eigenvalue weighted by molar-refractivity contribution is 0.437. The van der Waals surface area contributed by atoms with Crippen LogP contribution in [0, 0.1) is 7.11 Å². The quantitative estimate of drug-likeness (QED) is 0.801. The van der Waals surface area contributed by atoms with E-state index in [0.29, 0.717) is 5.56 Å². The fraction of sp³-hybridized carbons (Fsp3) is 0.125. The molecule has 1 aromatic carbocycles. The van der Waals surface area contributed by atoms with Gasteiger partial charge in [-0.1, -0.05) is 23.7 Å². The number of halogens is 1. The van der Waals surface area contributed by atoms with Crippen LogP contribution >= 0.6 is 11.6 Å². The summed E-state index contributed by atoms with van der Waals surface area (Å²) in [5, 5.41) is 0.0802. The van der Waals surface area contributed by atoms with E-state index < -0.39 is 10.1 Å². The van der Waals surface area contributed by atoms with Crippen LogP contribution in [0.5, 0.6) is 0 Å². The highest BCUT2D eigenvalue weighted by Crippen LogP contribution is 2.26. The van der Waals surface area contributed by atoms with Crippen molar-refractivity contribution in [2.24, 2.45) is 5.73 Å². The molecule has 4 nitrogen and oxygen atoms in total. The lowest BCUT2D eigenvalue weighted by atomic mass is 10.2. The molecule has 0 saturated carbocycles. The van der Waals surface area contributed by atoms with E-state index in [1.807, 2.05) is 0 Å². The topological polar surface area (TPSA) is 69.4 Å². The third-order valence-electron chi connectivity index (χ3n) is 1.67. The lowest BCUT2D eigenvalue weighted by Crippen LogP contribution is -2.09. The van der Waals surface area contributed by atoms with E-state index in [9.17, 15) is 8.42 Å². The first kappa shape index (κ1) is 11.5. The van der Waals surface area contributed by atoms with Gasteiger partial charge in [0.15, 0.2) is 0 Å². The first-order valence-electron chi connectivity index (χ1n) is 3.69. The van der Waals surface area contributed by atoms with E-state index in [-0.39, 0.29) is 16.5 Å². The highest BCUT2D eigenvalue weighted by atomic mass is 35.5. The smallest absolute Gasteiger partial charge is 0.298 e. The second kappa shape index (κ2) is 4.27. The predicted molar refractivity (Wildman–Crippen MR) is 53.0 cm³/mol. The number of rotatable bonds is 3. The Bertz CT molecular complexity index is 430. The van der Waals surface area contributed by atoms with Crippen molar-refractivity contribution in [3.05, 3.63) is 35.9 Å². The molecule has 0 heterocycles. The summed E-state index contributed by atoms with van der Waals surface area (Å²) in [5.74, 6) is 0. The molecule has 0 spiro atoms. The molecule has 1 radical (unpaired) electrons. The molecule has 14 heavy (non-hydrogen) atoms. The molecule has 0 saturated heterocycles. The summed E-state index contributed by atoms with van der Waals surface area (Å²) < 4.78 is 26.9. The zero-order valence-corrected chi connectivity index (χ0v) is 8.81. The molecule has 0 bridgehead atoms. The van der Waals surface area contributed by atoms with E-state index in [4.69, 9.17) is 17.3 Å². The van der Waals surface area contributed by atoms with Crippen LogP contribution in [0.25, 0.3) is 0 Å². The van der Waals surface area contributed by atoms with Gasteiger partial charge in [0.05, 0.1) is 12.1 Å². The summed E-state index contributed by atoms with van der Waals surface area (Å²) in [4.78, 5) is -0.112. The van der Waals surface area contributed by atoms with E-state index in [2.05, 4.69) is 11.3 Å². The lowest BCUT2D eigenvalue weighted by Gasteiger charge is -2.08. The molecule has 1 rings (SSSR count). The molecule has 2 N–H and O–H groups in total. The number of benzene rings is 1. The Kier molecular flexibility index (Phi) is 3.49. The maximum atomic E-state index is 11.4. The summed E-state index contributed by atoms with van der Waals surface area (Å²) >= 11 is 5.73. The van der Waals surface area contributed by atoms with Crippen molar-refractivity contribution >= 4 is 21.7 Å². The fourth-order valence-corrected chi connectivity index (χ4v) is 2.43. The Morgan fingerprint density at radius 2 is 2.14 bits per heavy atom. The van der Waals surface area contributed by atoms with Gasteiger partial charge in [0.2, 0.25) is 0 Å². The van der Waals surface area contributed by atoms with Crippen LogP contribution in [0.1, 0.15) is 5.56 Å². The summed E-state index contributed by atoms with van der Waals surface area (Å²) in [6.45, 7) is 0.0679. The zero-order valence-electron chi connectivity index (χ0n) is 7.23. The third-order valence-corrected chi connectivity index (χ3v) is 3.39. The van der Waals surface area contributed by atoms with Crippen LogP contribution < -0.4 is 5.73 Å². The second-order valence-electron chi connectivity index (χ2n) is 2.50. The maximum absolute atomic E-state index is 11.4. The maximum Gasteiger partial charge on any atom is 0.298 e. The predicted octanol–water partition coefficient (Wildman–Crippen LogP) is 1.30. The first-order valence-corrected chi connectivity index (χ1v) is 5.47. The van der Waals surface area contributed by atoms with Crippen LogP contribution in [0.3, 0.4) is 0 Å². The molecule has 0 aliphatic heterocycles. The SMILES string of the molecule is [CH2]OS(=O)(=O)c1c(Cl)cccc1CN. The van der Waals surface area contributed by atoms with Crippen molar-refractivity contribution in [2.45, 2.75) is 11.4 Å². The monoisotopic (exact) mass is 234 g/mol. The average molecular weight is 235 g/mol. The molecule has 0 amide bonds. The standard InChI is InChI=1S/C8H9ClNO3S/c1-13-14(11,12)8-6(5-10)3-2-4-7(8)9/h2-4H,1,5,10H2. The van der Waals surface area contributed by atoms with Crippen molar-refractivity contribution in [3.8, 4) is 0 Å². The van der Waals surface area contributed by atoms with E-state index in [0.717, 1.165) is 0 Å². The van der Waals surface area contributed by atoms with Crippen LogP contribution in [0.2, 0.25) is 5.02 Å². The zero-order chi connectivity index (χ0) is 10.8. The molecule has 0 atom stereocenters. The van der Waals surface area contributed by atoms with Gasteiger partial charge in [-0.2, -0.15) is 8.42 Å². The van der Waals surface area contributed by atoms with Crippen molar-refractivity contribution in [1.29, 1.82) is 0 Å². The minimum Gasteiger partial charge on any atom is -0.326 e. The number of hydrogen-bond donors (Lipinski definition) is 1. The van der Waals surface area contributed by atoms with Gasteiger partial charge in [-0.25, -0.2) is 0 Å². The molecule has 0 aliphatic rings. The summed E-state index contributed by atoms with van der Waals surface area (Å²) in [6, 6.07) is 4.64. The Morgan fingerprint density at radius 3 is 2.64 bits per heavy atom. The third kappa shape index (κ3) is 2.06. The Hall–Kier alpha value is -0.620. The Morgan fingerprint density at radius 1 is 1.50 bits per heavy atom. The molecule has 0 fully saturated rings. The second-order valence-corrected chi connectivity index (χ2v) is 4.46. The summed E-state index contributed by atoms with van der Waals surface area (Å²) in [6.07, 6.45) is 0. The van der Waals surface area contributed by atoms with Gasteiger partial charge >= 0.3 is 0 Å². The van der Waals surface area contributed by atoms with Crippen LogP contribution in [-0.2, 0) is 20.8 Å². The fourth-order valence-electron chi connectivity index (χ4n) is 1.05. The molecule has 6 heteroatoms. The number of nitrogens with two attached hydrogens (primary N) is 1. The Balaban J connectivity index is 3.46. The van der Waals surface area contributed by atoms with Gasteiger partial charge in [-0.15, -0.1) is 0 Å². The van der Waals surface area contributed by atoms with Crippen LogP contribution in [0.15, 0.2) is 23.1 Å². The van der Waals surface area contributed by atoms with E-state index in [1.165, 1.54) is 6.07 Å². The molecule has 0 aromatic heterocycles. The van der Waals surface area contributed by atoms with Gasteiger partial charge in [0.25, 0.3) is 10.1 Å². The minimum absolute atomic E-state index is 0.0679. The largest absolute Gasteiger partial charge is 0.326 e. The minimum atomic E-state index is -3.89. The molecule has 1 aromatic rings. The van der Waals surface area contributed by atoms with Crippen molar-refractivity contribution in [1.82, 2.24) is 0 Å². The van der Waals surface area contributed by atoms with Gasteiger partial charge in [0.1, 0.15) is 4.90 Å². The summed E-state index contributed by atoms with van der Waals surface area (Å²) in [5.41, 5.74) is 5.78. The molecular formula is C8H9ClNO3S. The van der Waals surface area contributed by atoms with Crippen molar-refractivity contribution < 1.29 is 12.6 Å². The van der Waals surface area contributed by atoms with Gasteiger partial charge in [-0.05, 0) is 11.6 Å². The van der Waals surface area contributed by atoms with E-state index >= 15 is 0 Å². The molecule has 77 valence electrons. The normalized spacial score (nSPS) is 11.6. The number of hydrogen-bond acceptors (Lipinski definition) is 4. The molecule has 0 unspecified atom stereocenters. The highest BCUT2D eigenvalue weighted by Gasteiger charge is 2.20. The van der Waals surface area contributed by atoms with Gasteiger partial charge in [0, 0.05) is 6.54 Å². The first-order chi connectivity index (χ1) is 6.53. The van der Waals surface area contributed by atoms with Crippen molar-refractivity contribution in [3.63, 3.8) is 0 Å². The molecule has 0 aliphatic carbocycles. The van der Waals surface area contributed by atoms with Gasteiger partial charge < -0.3 is 5.73 Å². The van der Waals surface area contributed by atoms with Crippen LogP contribution in [0.4, 0.5) is 0 Å². The highest BCUT2D eigenvalue weighted by molar-refractivity contribution is 7.87. The van der Waals surface area contributed by atoms with Gasteiger partial charge in [-0.3, -0.25) is 4.18 Å². The van der Waals surface area contributed by atoms with Crippen LogP contribution in [-0.4, -0.2) is 8.42 Å². The molecular weight excluding hydrogens is 226 g/mol. The Labute approximate surface area is 87.8 Å². The summed E-state index contributed by atoms with van der Waals surface area (Å²) in [7, 11) is -1.03.